The third-order valence-corrected chi connectivity index (χ3v) is 13.5. The average Bonchev–Trinajstić information content (AvgIpc) is 4.22. The lowest BCUT2D eigenvalue weighted by molar-refractivity contribution is 0.0587. The maximum absolute atomic E-state index is 12.9. The average molecular weight is 1080 g/mol. The normalized spacial score (nSPS) is 12.7. The molecule has 2 aliphatic rings. The van der Waals surface area contributed by atoms with Crippen LogP contribution < -0.4 is 41.0 Å². The van der Waals surface area contributed by atoms with Gasteiger partial charge in [0.2, 0.25) is 0 Å². The summed E-state index contributed by atoms with van der Waals surface area (Å²) >= 11 is 8.82. The zero-order valence-corrected chi connectivity index (χ0v) is 44.7. The summed E-state index contributed by atoms with van der Waals surface area (Å²) in [6.45, 7) is 4.82. The maximum Gasteiger partial charge on any atom is 0.359 e. The van der Waals surface area contributed by atoms with Crippen LogP contribution in [-0.2, 0) is 22.6 Å². The Labute approximate surface area is 444 Å². The van der Waals surface area contributed by atoms with E-state index in [4.69, 9.17) is 31.5 Å². The fourth-order valence-electron chi connectivity index (χ4n) is 7.51. The topological polar surface area (TPSA) is 260 Å². The number of carbonyl (C=O) groups is 4. The van der Waals surface area contributed by atoms with Crippen LogP contribution in [0.15, 0.2) is 73.1 Å². The molecule has 75 heavy (non-hydrogen) atoms. The van der Waals surface area contributed by atoms with Crippen molar-refractivity contribution in [3.05, 3.63) is 122 Å². The summed E-state index contributed by atoms with van der Waals surface area (Å²) in [6.07, 6.45) is 7.06. The first-order chi connectivity index (χ1) is 36.0. The van der Waals surface area contributed by atoms with Gasteiger partial charge >= 0.3 is 11.9 Å². The van der Waals surface area contributed by atoms with Crippen molar-refractivity contribution in [3.8, 4) is 11.5 Å². The number of anilines is 5. The minimum absolute atomic E-state index is 0.177. The highest BCUT2D eigenvalue weighted by Gasteiger charge is 2.28. The van der Waals surface area contributed by atoms with Crippen LogP contribution in [0.4, 0.5) is 27.2 Å². The molecule has 392 valence electrons. The Morgan fingerprint density at radius 2 is 1.13 bits per heavy atom. The number of hydrogen-bond acceptors (Lipinski definition) is 20. The molecule has 0 atom stereocenters. The van der Waals surface area contributed by atoms with E-state index in [2.05, 4.69) is 50.8 Å². The zero-order chi connectivity index (χ0) is 53.5. The third-order valence-electron chi connectivity index (χ3n) is 11.6. The van der Waals surface area contributed by atoms with Crippen molar-refractivity contribution in [3.63, 3.8) is 0 Å². The van der Waals surface area contributed by atoms with Crippen molar-refractivity contribution < 1.29 is 38.1 Å². The first-order valence-electron chi connectivity index (χ1n) is 23.4. The lowest BCUT2D eigenvalue weighted by Crippen LogP contribution is -2.27. The van der Waals surface area contributed by atoms with Crippen molar-refractivity contribution >= 4 is 96.5 Å². The molecule has 0 aliphatic heterocycles. The van der Waals surface area contributed by atoms with E-state index in [1.807, 2.05) is 85.4 Å². The van der Waals surface area contributed by atoms with Gasteiger partial charge in [-0.15, -0.1) is 27.8 Å². The van der Waals surface area contributed by atoms with Crippen molar-refractivity contribution in [1.29, 1.82) is 0 Å². The van der Waals surface area contributed by atoms with Crippen LogP contribution in [0.3, 0.4) is 0 Å². The van der Waals surface area contributed by atoms with Crippen molar-refractivity contribution in [2.24, 2.45) is 0 Å². The van der Waals surface area contributed by atoms with Gasteiger partial charge in [-0.25, -0.2) is 38.6 Å². The minimum Gasteiger partial charge on any atom is -0.497 e. The molecule has 6 heterocycles. The smallest absolute Gasteiger partial charge is 0.359 e. The van der Waals surface area contributed by atoms with Crippen LogP contribution in [0.2, 0.25) is 5.15 Å². The fourth-order valence-corrected chi connectivity index (χ4v) is 9.18. The number of nitrogens with one attached hydrogen (secondary N) is 3. The molecule has 10 rings (SSSR count). The highest BCUT2D eigenvalue weighted by molar-refractivity contribution is 7.16. The molecule has 2 amide bonds. The van der Waals surface area contributed by atoms with E-state index in [-0.39, 0.29) is 35.3 Å². The van der Waals surface area contributed by atoms with Crippen molar-refractivity contribution in [2.75, 3.05) is 63.4 Å². The van der Waals surface area contributed by atoms with Crippen LogP contribution in [0.5, 0.6) is 11.5 Å². The number of nitrogen functional groups attached to an aromatic ring is 1. The van der Waals surface area contributed by atoms with Crippen LogP contribution >= 0.6 is 34.3 Å². The van der Waals surface area contributed by atoms with Gasteiger partial charge in [0.15, 0.2) is 45.0 Å². The highest BCUT2D eigenvalue weighted by atomic mass is 35.5. The van der Waals surface area contributed by atoms with E-state index in [1.54, 1.807) is 33.4 Å². The van der Waals surface area contributed by atoms with Gasteiger partial charge in [-0.1, -0.05) is 35.9 Å². The molecule has 6 aromatic heterocycles. The molecule has 2 saturated carbocycles. The van der Waals surface area contributed by atoms with Gasteiger partial charge in [-0.05, 0) is 74.9 Å². The zero-order valence-electron chi connectivity index (χ0n) is 42.3. The van der Waals surface area contributed by atoms with E-state index in [0.717, 1.165) is 64.7 Å². The number of esters is 2. The van der Waals surface area contributed by atoms with E-state index < -0.39 is 11.9 Å². The Morgan fingerprint density at radius 1 is 0.680 bits per heavy atom. The molecule has 5 N–H and O–H groups in total. The number of benzene rings is 2. The summed E-state index contributed by atoms with van der Waals surface area (Å²) < 4.78 is 22.8. The number of halogens is 1. The molecular weight excluding hydrogens is 1020 g/mol. The lowest BCUT2D eigenvalue weighted by Gasteiger charge is -2.21. The molecule has 0 spiro atoms. The standard InChI is InChI=1S/C25H27N7O4S.C19H20ClN5O2.C6H8N2O2S/c1-14-27-21(25(34)36-4)24(37-14)29-20-11-18(31(2)13-15-5-9-17(35-3)10-6-15)22-26-12-19(32(22)30-20)23(33)28-16-7-8-16;1-24(11-12-3-7-14(27-2)8-4-12)15-9-17(20)23-25-16(10-21-18(15)25)19(26)22-13-5-6-13;1-3-8-4(5(7)11-3)6(9)10-2/h5-6,9-12,16H,7-8,13H2,1-4H3,(H,28,33)(H,29,30);3-4,7-10,13H,5-6,11H2,1-2H3,(H,22,26);7H2,1-2H3. The Balaban J connectivity index is 0.000000171. The number of nitrogens with zero attached hydrogens (tertiary/aromatic N) is 10. The van der Waals surface area contributed by atoms with Gasteiger partial charge in [0.1, 0.15) is 21.5 Å². The minimum atomic E-state index is -0.545. The number of hydrogen-bond donors (Lipinski definition) is 4. The van der Waals surface area contributed by atoms with E-state index in [9.17, 15) is 19.2 Å². The van der Waals surface area contributed by atoms with E-state index in [0.29, 0.717) is 61.8 Å². The number of fused-ring (bicyclic) bond motifs is 2. The summed E-state index contributed by atoms with van der Waals surface area (Å²) in [5, 5.41) is 20.8. The van der Waals surface area contributed by atoms with Crippen molar-refractivity contribution in [2.45, 2.75) is 64.7 Å². The summed E-state index contributed by atoms with van der Waals surface area (Å²) in [6, 6.07) is 19.7. The Bertz CT molecular complexity index is 3350. The second-order valence-corrected chi connectivity index (χ2v) is 20.2. The molecule has 22 nitrogen and oxygen atoms in total. The number of imidazole rings is 2. The monoisotopic (exact) mass is 1080 g/mol. The summed E-state index contributed by atoms with van der Waals surface area (Å²) in [7, 11) is 9.79. The quantitative estimate of drug-likeness (QED) is 0.0692. The van der Waals surface area contributed by atoms with Crippen LogP contribution in [0.1, 0.15) is 88.8 Å². The first kappa shape index (κ1) is 53.2. The van der Waals surface area contributed by atoms with Crippen LogP contribution in [0, 0.1) is 13.8 Å². The predicted octanol–water partition coefficient (Wildman–Crippen LogP) is 7.30. The van der Waals surface area contributed by atoms with Gasteiger partial charge < -0.3 is 50.4 Å². The number of rotatable bonds is 16. The highest BCUT2D eigenvalue weighted by Crippen LogP contribution is 2.32. The van der Waals surface area contributed by atoms with Gasteiger partial charge in [0, 0.05) is 51.4 Å². The molecule has 0 saturated heterocycles. The predicted molar refractivity (Wildman–Crippen MR) is 286 cm³/mol. The maximum atomic E-state index is 12.9. The summed E-state index contributed by atoms with van der Waals surface area (Å²) in [5.41, 5.74) is 11.5. The number of methoxy groups -OCH3 is 4. The van der Waals surface area contributed by atoms with Crippen LogP contribution in [-0.4, -0.2) is 118 Å². The number of aryl methyl sites for hydroxylation is 2. The number of carbonyl (C=O) groups excluding carboxylic acids is 4. The Kier molecular flexibility index (Phi) is 16.6. The molecule has 2 aromatic carbocycles. The second-order valence-electron chi connectivity index (χ2n) is 17.4. The number of nitrogens with two attached hydrogens (primary N) is 1. The number of ether oxygens (including phenoxy) is 4. The molecule has 25 heteroatoms. The fraction of sp³-hybridized carbons (Fsp3) is 0.320. The Morgan fingerprint density at radius 3 is 1.59 bits per heavy atom. The molecule has 2 aliphatic carbocycles. The number of amides is 2. The van der Waals surface area contributed by atoms with E-state index >= 15 is 0 Å². The van der Waals surface area contributed by atoms with Gasteiger partial charge in [0.25, 0.3) is 11.8 Å². The molecule has 0 bridgehead atoms. The van der Waals surface area contributed by atoms with Crippen LogP contribution in [0.25, 0.3) is 11.3 Å². The lowest BCUT2D eigenvalue weighted by atomic mass is 10.2. The molecule has 8 aromatic rings. The van der Waals surface area contributed by atoms with Gasteiger partial charge in [-0.2, -0.15) is 5.10 Å². The largest absolute Gasteiger partial charge is 0.497 e. The van der Waals surface area contributed by atoms with Gasteiger partial charge in [-0.3, -0.25) is 9.59 Å². The molecule has 2 fully saturated rings. The number of aromatic nitrogens is 8. The van der Waals surface area contributed by atoms with E-state index in [1.165, 1.54) is 52.1 Å². The molecule has 0 unspecified atom stereocenters. The number of thiazole rings is 2. The summed E-state index contributed by atoms with van der Waals surface area (Å²) in [5.74, 6) is 0.594. The van der Waals surface area contributed by atoms with Crippen molar-refractivity contribution in [1.82, 2.24) is 49.8 Å². The van der Waals surface area contributed by atoms with Gasteiger partial charge in [0.05, 0.1) is 62.2 Å². The molecular formula is C50H55ClN14O8S2. The Hall–Kier alpha value is -8.09. The molecule has 0 radical (unpaired) electrons. The first-order valence-corrected chi connectivity index (χ1v) is 25.4. The summed E-state index contributed by atoms with van der Waals surface area (Å²) in [4.78, 5) is 69.7. The SMILES string of the molecule is COC(=O)c1nc(C)sc1N.COC(=O)c1nc(C)sc1Nc1cc(N(C)Cc2ccc(OC)cc2)c2ncc(C(=O)NC3CC3)n2n1.COc1ccc(CN(C)c2cc(Cl)nn3c(C(=O)NC4CC4)cnc23)cc1. The second kappa shape index (κ2) is 23.4. The third kappa shape index (κ3) is 13.0.